The van der Waals surface area contributed by atoms with Gasteiger partial charge in [0.25, 0.3) is 10.1 Å². The number of carbonyl (C=O) groups is 1. The largest absolute Gasteiger partial charge is 0.333 e. The van der Waals surface area contributed by atoms with Gasteiger partial charge in [-0.05, 0) is 20.8 Å². The first-order valence-corrected chi connectivity index (χ1v) is 6.18. The molecular weight excluding hydrogens is 244 g/mol. The third kappa shape index (κ3) is 2.04. The molecule has 1 atom stereocenters. The van der Waals surface area contributed by atoms with E-state index in [1.807, 2.05) is 0 Å². The lowest BCUT2D eigenvalue weighted by Gasteiger charge is -2.37. The van der Waals surface area contributed by atoms with Gasteiger partial charge in [-0.3, -0.25) is 4.55 Å². The van der Waals surface area contributed by atoms with Crippen molar-refractivity contribution in [3.05, 3.63) is 0 Å². The molecule has 1 unspecified atom stereocenters. The van der Waals surface area contributed by atoms with Crippen molar-refractivity contribution < 1.29 is 17.8 Å². The van der Waals surface area contributed by atoms with Gasteiger partial charge >= 0.3 is 6.03 Å². The first-order valence-electron chi connectivity index (χ1n) is 4.23. The number of urea groups is 1. The maximum atomic E-state index is 11.3. The predicted molar refractivity (Wildman–Crippen MR) is 55.1 cm³/mol. The van der Waals surface area contributed by atoms with Crippen LogP contribution in [0, 0.1) is 0 Å². The fourth-order valence-electron chi connectivity index (χ4n) is 1.51. The minimum Gasteiger partial charge on any atom is -0.330 e. The van der Waals surface area contributed by atoms with Crippen LogP contribution >= 0.6 is 11.8 Å². The molecule has 15 heavy (non-hydrogen) atoms. The summed E-state index contributed by atoms with van der Waals surface area (Å²) in [5, 5.41) is 2.54. The van der Waals surface area contributed by atoms with Crippen molar-refractivity contribution in [2.45, 2.75) is 31.8 Å². The smallest absolute Gasteiger partial charge is 0.330 e. The van der Waals surface area contributed by atoms with Gasteiger partial charge in [-0.2, -0.15) is 8.42 Å². The molecule has 2 N–H and O–H groups in total. The fourth-order valence-corrected chi connectivity index (χ4v) is 3.10. The zero-order valence-electron chi connectivity index (χ0n) is 8.61. The number of carbonyl (C=O) groups excluding carboxylic acids is 1. The number of nitrogens with one attached hydrogen (secondary N) is 1. The van der Waals surface area contributed by atoms with Crippen molar-refractivity contribution in [1.29, 1.82) is 0 Å². The van der Waals surface area contributed by atoms with Crippen LogP contribution in [0.1, 0.15) is 20.8 Å². The lowest BCUT2D eigenvalue weighted by molar-refractivity contribution is 0.207. The standard InChI is InChI=1S/C7H13ClN2O4S/c1-6(2)7(3,4-15(12,13)14)10(8)5(11)9-6/h4H2,1-3H3,(H,9,11)(H,12,13,14). The maximum Gasteiger partial charge on any atom is 0.333 e. The summed E-state index contributed by atoms with van der Waals surface area (Å²) in [6.45, 7) is 4.77. The first-order chi connectivity index (χ1) is 6.50. The summed E-state index contributed by atoms with van der Waals surface area (Å²) in [5.74, 6) is -0.616. The minimum absolute atomic E-state index is 0.576. The summed E-state index contributed by atoms with van der Waals surface area (Å²) in [6.07, 6.45) is 0. The Labute approximate surface area is 93.4 Å². The van der Waals surface area contributed by atoms with Crippen LogP contribution in [-0.4, -0.2) is 40.3 Å². The van der Waals surface area contributed by atoms with E-state index in [1.54, 1.807) is 13.8 Å². The third-order valence-corrected chi connectivity index (χ3v) is 4.29. The van der Waals surface area contributed by atoms with Gasteiger partial charge in [0.1, 0.15) is 5.75 Å². The zero-order chi connectivity index (χ0) is 12.1. The molecule has 1 fully saturated rings. The molecule has 0 aromatic rings. The number of amides is 2. The van der Waals surface area contributed by atoms with E-state index in [-0.39, 0.29) is 0 Å². The second-order valence-corrected chi connectivity index (χ2v) is 6.13. The second-order valence-electron chi connectivity index (χ2n) is 4.34. The summed E-state index contributed by atoms with van der Waals surface area (Å²) in [6, 6.07) is -0.576. The molecule has 1 aliphatic heterocycles. The topological polar surface area (TPSA) is 86.7 Å². The fraction of sp³-hybridized carbons (Fsp3) is 0.857. The average Bonchev–Trinajstić information content (AvgIpc) is 2.09. The molecule has 8 heteroatoms. The maximum absolute atomic E-state index is 11.3. The van der Waals surface area contributed by atoms with Crippen LogP contribution in [0.2, 0.25) is 0 Å². The summed E-state index contributed by atoms with van der Waals surface area (Å²) in [4.78, 5) is 11.3. The molecule has 0 spiro atoms. The normalized spacial score (nSPS) is 30.5. The van der Waals surface area contributed by atoms with E-state index in [1.165, 1.54) is 6.92 Å². The Hall–Kier alpha value is -0.530. The van der Waals surface area contributed by atoms with Crippen LogP contribution in [0.4, 0.5) is 4.79 Å². The van der Waals surface area contributed by atoms with Crippen molar-refractivity contribution in [3.8, 4) is 0 Å². The monoisotopic (exact) mass is 256 g/mol. The number of halogens is 1. The lowest BCUT2D eigenvalue weighted by Crippen LogP contribution is -2.57. The van der Waals surface area contributed by atoms with E-state index < -0.39 is 33.0 Å². The van der Waals surface area contributed by atoms with Gasteiger partial charge in [-0.15, -0.1) is 0 Å². The summed E-state index contributed by atoms with van der Waals surface area (Å²) >= 11 is 5.71. The van der Waals surface area contributed by atoms with E-state index in [9.17, 15) is 13.2 Å². The van der Waals surface area contributed by atoms with E-state index in [0.29, 0.717) is 0 Å². The van der Waals surface area contributed by atoms with Gasteiger partial charge in [0.05, 0.1) is 11.1 Å². The SMILES string of the molecule is CC1(C)NC(=O)N(Cl)C1(C)CS(=O)(=O)O. The molecule has 0 saturated carbocycles. The molecule has 0 aromatic carbocycles. The highest BCUT2D eigenvalue weighted by molar-refractivity contribution is 7.85. The predicted octanol–water partition coefficient (Wildman–Crippen LogP) is 0.591. The van der Waals surface area contributed by atoms with Crippen LogP contribution in [0.25, 0.3) is 0 Å². The number of hydrogen-bond acceptors (Lipinski definition) is 3. The summed E-state index contributed by atoms with van der Waals surface area (Å²) in [7, 11) is -4.21. The van der Waals surface area contributed by atoms with E-state index in [2.05, 4.69) is 5.32 Å². The number of nitrogens with zero attached hydrogens (tertiary/aromatic N) is 1. The quantitative estimate of drug-likeness (QED) is 0.559. The van der Waals surface area contributed by atoms with Gasteiger partial charge in [0, 0.05) is 11.8 Å². The van der Waals surface area contributed by atoms with Gasteiger partial charge in [-0.25, -0.2) is 9.21 Å². The number of rotatable bonds is 2. The highest BCUT2D eigenvalue weighted by Crippen LogP contribution is 2.36. The molecule has 0 bridgehead atoms. The molecule has 6 nitrogen and oxygen atoms in total. The second kappa shape index (κ2) is 3.23. The third-order valence-electron chi connectivity index (χ3n) is 2.84. The van der Waals surface area contributed by atoms with Crippen LogP contribution in [0.3, 0.4) is 0 Å². The summed E-state index contributed by atoms with van der Waals surface area (Å²) < 4.78 is 31.3. The molecular formula is C7H13ClN2O4S. The van der Waals surface area contributed by atoms with Crippen molar-refractivity contribution in [3.63, 3.8) is 0 Å². The van der Waals surface area contributed by atoms with Crippen molar-refractivity contribution >= 4 is 27.9 Å². The van der Waals surface area contributed by atoms with Crippen LogP contribution < -0.4 is 5.32 Å². The van der Waals surface area contributed by atoms with Crippen LogP contribution in [-0.2, 0) is 10.1 Å². The van der Waals surface area contributed by atoms with Crippen molar-refractivity contribution in [2.24, 2.45) is 0 Å². The van der Waals surface area contributed by atoms with Crippen molar-refractivity contribution in [2.75, 3.05) is 5.75 Å². The Bertz CT molecular complexity index is 394. The van der Waals surface area contributed by atoms with Gasteiger partial charge in [-0.1, -0.05) is 0 Å². The molecule has 0 aliphatic carbocycles. The summed E-state index contributed by atoms with van der Waals surface area (Å²) in [5.41, 5.74) is -2.04. The van der Waals surface area contributed by atoms with E-state index >= 15 is 0 Å². The highest BCUT2D eigenvalue weighted by Gasteiger charge is 2.56. The van der Waals surface area contributed by atoms with Crippen LogP contribution in [0.15, 0.2) is 0 Å². The Morgan fingerprint density at radius 1 is 1.47 bits per heavy atom. The Morgan fingerprint density at radius 3 is 2.20 bits per heavy atom. The molecule has 1 rings (SSSR count). The average molecular weight is 257 g/mol. The van der Waals surface area contributed by atoms with Crippen molar-refractivity contribution in [1.82, 2.24) is 9.74 Å². The molecule has 1 heterocycles. The lowest BCUT2D eigenvalue weighted by atomic mass is 9.84. The molecule has 0 aromatic heterocycles. The van der Waals surface area contributed by atoms with Gasteiger partial charge < -0.3 is 5.32 Å². The van der Waals surface area contributed by atoms with Gasteiger partial charge in [0.2, 0.25) is 0 Å². The van der Waals surface area contributed by atoms with Crippen LogP contribution in [0.5, 0.6) is 0 Å². The molecule has 1 aliphatic rings. The molecule has 88 valence electrons. The Morgan fingerprint density at radius 2 is 1.93 bits per heavy atom. The Kier molecular flexibility index (Phi) is 2.70. The molecule has 0 radical (unpaired) electrons. The molecule has 1 saturated heterocycles. The van der Waals surface area contributed by atoms with E-state index in [0.717, 1.165) is 4.42 Å². The van der Waals surface area contributed by atoms with Gasteiger partial charge in [0.15, 0.2) is 0 Å². The zero-order valence-corrected chi connectivity index (χ0v) is 10.2. The number of hydrogen-bond donors (Lipinski definition) is 2. The van der Waals surface area contributed by atoms with E-state index in [4.69, 9.17) is 16.3 Å². The minimum atomic E-state index is -4.21. The highest BCUT2D eigenvalue weighted by atomic mass is 35.5. The first kappa shape index (κ1) is 12.5. The molecule has 2 amide bonds. The Balaban J connectivity index is 3.15.